The maximum Gasteiger partial charge on any atom is 0.306 e. The SMILES string of the molecule is CN(CCC[C@]12CCC[C@@H]1[C@H]1CCC3[C@@]4(C)CC[C@H](OC(=O)CC(C)(C)CC(=O)O)C(C)(C)C4CC[C@@]3(C)[C@]1(C)CC2)C1CC1. The summed E-state index contributed by atoms with van der Waals surface area (Å²) in [6.45, 7) is 17.9. The first-order chi connectivity index (χ1) is 21.0. The average molecular weight is 626 g/mol. The lowest BCUT2D eigenvalue weighted by Crippen LogP contribution is -2.66. The number of hydrogen-bond acceptors (Lipinski definition) is 4. The highest BCUT2D eigenvalue weighted by molar-refractivity contribution is 5.73. The molecule has 0 aromatic rings. The fraction of sp³-hybridized carbons (Fsp3) is 0.950. The summed E-state index contributed by atoms with van der Waals surface area (Å²) in [5.41, 5.74) is 1.01. The Balaban J connectivity index is 1.16. The summed E-state index contributed by atoms with van der Waals surface area (Å²) in [6.07, 6.45) is 20.5. The molecule has 6 saturated carbocycles. The fourth-order valence-electron chi connectivity index (χ4n) is 13.8. The standard InChI is InChI=1S/C40H67NO4/c1-35(2,25-33(42)43)26-34(44)45-32-17-20-37(5)30(36(32,3)4)16-21-39(7)31(37)15-14-28-29-11-9-18-40(29,23-22-38(28,39)6)19-10-24-41(8)27-12-13-27/h27-32H,9-26H2,1-8H3,(H,42,43)/t28-,29-,30?,31?,32+,37+,38-,39-,40+/m1/s1. The Kier molecular flexibility index (Phi) is 8.64. The van der Waals surface area contributed by atoms with Crippen LogP contribution in [0.4, 0.5) is 0 Å². The Morgan fingerprint density at radius 2 is 1.53 bits per heavy atom. The highest BCUT2D eigenvalue weighted by atomic mass is 16.5. The number of carboxylic acids is 1. The minimum Gasteiger partial charge on any atom is -0.481 e. The first-order valence-electron chi connectivity index (χ1n) is 19.1. The second-order valence-electron chi connectivity index (χ2n) is 19.6. The Morgan fingerprint density at radius 3 is 2.22 bits per heavy atom. The van der Waals surface area contributed by atoms with E-state index in [0.29, 0.717) is 22.2 Å². The molecular formula is C40H67NO4. The number of hydrogen-bond donors (Lipinski definition) is 1. The summed E-state index contributed by atoms with van der Waals surface area (Å²) < 4.78 is 6.27. The Morgan fingerprint density at radius 1 is 0.800 bits per heavy atom. The van der Waals surface area contributed by atoms with Crippen LogP contribution < -0.4 is 0 Å². The zero-order chi connectivity index (χ0) is 32.6. The summed E-state index contributed by atoms with van der Waals surface area (Å²) in [5.74, 6) is 2.01. The number of esters is 1. The van der Waals surface area contributed by atoms with Gasteiger partial charge in [-0.15, -0.1) is 0 Å². The molecule has 45 heavy (non-hydrogen) atoms. The predicted molar refractivity (Wildman–Crippen MR) is 181 cm³/mol. The van der Waals surface area contributed by atoms with Gasteiger partial charge in [0.15, 0.2) is 0 Å². The van der Waals surface area contributed by atoms with Crippen LogP contribution >= 0.6 is 0 Å². The Bertz CT molecular complexity index is 1140. The van der Waals surface area contributed by atoms with E-state index in [1.165, 1.54) is 90.0 Å². The van der Waals surface area contributed by atoms with Crippen LogP contribution in [0.3, 0.4) is 0 Å². The van der Waals surface area contributed by atoms with Crippen LogP contribution in [0.2, 0.25) is 0 Å². The molecule has 6 aliphatic rings. The van der Waals surface area contributed by atoms with Crippen molar-refractivity contribution in [1.82, 2.24) is 4.90 Å². The van der Waals surface area contributed by atoms with Crippen LogP contribution in [-0.2, 0) is 14.3 Å². The van der Waals surface area contributed by atoms with Crippen molar-refractivity contribution in [3.8, 4) is 0 Å². The zero-order valence-electron chi connectivity index (χ0n) is 30.3. The molecule has 1 N–H and O–H groups in total. The third kappa shape index (κ3) is 5.63. The van der Waals surface area contributed by atoms with Gasteiger partial charge in [-0.25, -0.2) is 0 Å². The number of rotatable bonds is 10. The Labute approximate surface area is 275 Å². The first kappa shape index (κ1) is 33.8. The second-order valence-corrected chi connectivity index (χ2v) is 19.6. The van der Waals surface area contributed by atoms with Gasteiger partial charge in [0.2, 0.25) is 0 Å². The highest BCUT2D eigenvalue weighted by Crippen LogP contribution is 2.77. The van der Waals surface area contributed by atoms with Crippen LogP contribution in [0, 0.1) is 56.2 Å². The van der Waals surface area contributed by atoms with Gasteiger partial charge in [-0.1, -0.05) is 54.9 Å². The van der Waals surface area contributed by atoms with Gasteiger partial charge in [0.05, 0.1) is 12.8 Å². The molecule has 9 atom stereocenters. The second kappa shape index (κ2) is 11.5. The monoisotopic (exact) mass is 626 g/mol. The normalized spacial score (nSPS) is 44.0. The van der Waals surface area contributed by atoms with E-state index in [4.69, 9.17) is 4.74 Å². The van der Waals surface area contributed by atoms with Crippen LogP contribution in [-0.4, -0.2) is 47.7 Å². The lowest BCUT2D eigenvalue weighted by molar-refractivity contribution is -0.249. The third-order valence-electron chi connectivity index (χ3n) is 16.4. The van der Waals surface area contributed by atoms with Crippen molar-refractivity contribution in [2.75, 3.05) is 13.6 Å². The molecule has 5 heteroatoms. The van der Waals surface area contributed by atoms with E-state index in [9.17, 15) is 14.7 Å². The van der Waals surface area contributed by atoms with Gasteiger partial charge >= 0.3 is 11.9 Å². The summed E-state index contributed by atoms with van der Waals surface area (Å²) in [6, 6.07) is 0.881. The molecule has 0 aliphatic heterocycles. The van der Waals surface area contributed by atoms with E-state index in [1.54, 1.807) is 0 Å². The molecule has 0 radical (unpaired) electrons. The molecule has 256 valence electrons. The predicted octanol–water partition coefficient (Wildman–Crippen LogP) is 9.52. The first-order valence-corrected chi connectivity index (χ1v) is 19.1. The van der Waals surface area contributed by atoms with Gasteiger partial charge in [-0.3, -0.25) is 9.59 Å². The molecule has 6 rings (SSSR count). The van der Waals surface area contributed by atoms with E-state index in [1.807, 2.05) is 13.8 Å². The van der Waals surface area contributed by atoms with Gasteiger partial charge in [0, 0.05) is 11.5 Å². The van der Waals surface area contributed by atoms with E-state index < -0.39 is 11.4 Å². The van der Waals surface area contributed by atoms with E-state index in [-0.39, 0.29) is 35.7 Å². The smallest absolute Gasteiger partial charge is 0.306 e. The largest absolute Gasteiger partial charge is 0.481 e. The molecule has 6 fully saturated rings. The molecule has 0 amide bonds. The van der Waals surface area contributed by atoms with Gasteiger partial charge < -0.3 is 14.7 Å². The van der Waals surface area contributed by atoms with Gasteiger partial charge in [0.1, 0.15) is 6.10 Å². The summed E-state index contributed by atoms with van der Waals surface area (Å²) >= 11 is 0. The number of carbonyl (C=O) groups is 2. The summed E-state index contributed by atoms with van der Waals surface area (Å²) in [7, 11) is 2.36. The zero-order valence-corrected chi connectivity index (χ0v) is 30.3. The van der Waals surface area contributed by atoms with Crippen LogP contribution in [0.5, 0.6) is 0 Å². The summed E-state index contributed by atoms with van der Waals surface area (Å²) in [5, 5.41) is 9.30. The maximum absolute atomic E-state index is 13.1. The number of ether oxygens (including phenoxy) is 1. The maximum atomic E-state index is 13.1. The molecule has 2 unspecified atom stereocenters. The third-order valence-corrected chi connectivity index (χ3v) is 16.4. The Hall–Kier alpha value is -1.10. The number of carbonyl (C=O) groups excluding carboxylic acids is 1. The molecular weight excluding hydrogens is 558 g/mol. The quantitative estimate of drug-likeness (QED) is 0.245. The van der Waals surface area contributed by atoms with E-state index in [0.717, 1.165) is 36.6 Å². The molecule has 6 aliphatic carbocycles. The van der Waals surface area contributed by atoms with Crippen molar-refractivity contribution in [3.05, 3.63) is 0 Å². The van der Waals surface area contributed by atoms with Crippen molar-refractivity contribution < 1.29 is 19.4 Å². The fourth-order valence-corrected chi connectivity index (χ4v) is 13.8. The minimum absolute atomic E-state index is 0.0172. The molecule has 0 heterocycles. The number of nitrogens with zero attached hydrogens (tertiary/aromatic N) is 1. The molecule has 0 aromatic heterocycles. The van der Waals surface area contributed by atoms with Crippen LogP contribution in [0.25, 0.3) is 0 Å². The van der Waals surface area contributed by atoms with Crippen molar-refractivity contribution in [1.29, 1.82) is 0 Å². The average Bonchev–Trinajstić information content (AvgIpc) is 3.69. The van der Waals surface area contributed by atoms with Gasteiger partial charge in [-0.05, 0) is 154 Å². The number of fused-ring (bicyclic) bond motifs is 7. The van der Waals surface area contributed by atoms with Crippen LogP contribution in [0.1, 0.15) is 158 Å². The highest BCUT2D eigenvalue weighted by Gasteiger charge is 2.70. The van der Waals surface area contributed by atoms with Gasteiger partial charge in [-0.2, -0.15) is 0 Å². The molecule has 0 aromatic carbocycles. The minimum atomic E-state index is -0.858. The van der Waals surface area contributed by atoms with Crippen molar-refractivity contribution in [2.45, 2.75) is 170 Å². The van der Waals surface area contributed by atoms with Crippen LogP contribution in [0.15, 0.2) is 0 Å². The lowest BCUT2D eigenvalue weighted by Gasteiger charge is -2.72. The van der Waals surface area contributed by atoms with Crippen molar-refractivity contribution >= 4 is 11.9 Å². The molecule has 0 bridgehead atoms. The van der Waals surface area contributed by atoms with Crippen molar-refractivity contribution in [2.24, 2.45) is 56.2 Å². The van der Waals surface area contributed by atoms with E-state index in [2.05, 4.69) is 46.6 Å². The molecule has 5 nitrogen and oxygen atoms in total. The van der Waals surface area contributed by atoms with Gasteiger partial charge in [0.25, 0.3) is 0 Å². The molecule has 0 spiro atoms. The number of aliphatic carboxylic acids is 1. The summed E-state index contributed by atoms with van der Waals surface area (Å²) in [4.78, 5) is 27.1. The topological polar surface area (TPSA) is 66.8 Å². The lowest BCUT2D eigenvalue weighted by atomic mass is 9.32. The van der Waals surface area contributed by atoms with E-state index >= 15 is 0 Å². The molecule has 0 saturated heterocycles. The van der Waals surface area contributed by atoms with Crippen molar-refractivity contribution in [3.63, 3.8) is 0 Å². The number of carboxylic acid groups (broad SMARTS) is 1.